The highest BCUT2D eigenvalue weighted by Gasteiger charge is 2.32. The Balaban J connectivity index is 1.59. The maximum atomic E-state index is 12.9. The van der Waals surface area contributed by atoms with E-state index in [0.29, 0.717) is 5.69 Å². The summed E-state index contributed by atoms with van der Waals surface area (Å²) in [5, 5.41) is 3.93. The fourth-order valence-corrected chi connectivity index (χ4v) is 4.39. The Hall–Kier alpha value is -2.74. The van der Waals surface area contributed by atoms with Gasteiger partial charge in [0.1, 0.15) is 10.7 Å². The average Bonchev–Trinajstić information content (AvgIpc) is 3.18. The van der Waals surface area contributed by atoms with E-state index in [2.05, 4.69) is 33.3 Å². The topological polar surface area (TPSA) is 50.7 Å². The van der Waals surface area contributed by atoms with Gasteiger partial charge in [-0.05, 0) is 67.0 Å². The predicted octanol–water partition coefficient (Wildman–Crippen LogP) is 6.87. The second-order valence-electron chi connectivity index (χ2n) is 7.61. The van der Waals surface area contributed by atoms with Crippen LogP contribution in [-0.4, -0.2) is 15.0 Å². The molecule has 1 aliphatic rings. The molecule has 0 amide bonds. The Bertz CT molecular complexity index is 1090. The summed E-state index contributed by atoms with van der Waals surface area (Å²) in [5.41, 5.74) is 2.88. The molecule has 1 aromatic carbocycles. The fourth-order valence-electron chi connectivity index (χ4n) is 3.42. The van der Waals surface area contributed by atoms with Crippen molar-refractivity contribution < 1.29 is 13.2 Å². The molecule has 2 heterocycles. The summed E-state index contributed by atoms with van der Waals surface area (Å²) >= 11 is 1.64. The van der Waals surface area contributed by atoms with Crippen LogP contribution in [0.4, 0.5) is 24.8 Å². The molecule has 30 heavy (non-hydrogen) atoms. The monoisotopic (exact) mass is 430 g/mol. The van der Waals surface area contributed by atoms with E-state index in [1.54, 1.807) is 11.3 Å². The molecule has 1 unspecified atom stereocenters. The number of rotatable bonds is 4. The van der Waals surface area contributed by atoms with Crippen molar-refractivity contribution in [2.45, 2.75) is 39.3 Å². The van der Waals surface area contributed by atoms with Crippen LogP contribution in [0.15, 0.2) is 42.7 Å². The van der Waals surface area contributed by atoms with Crippen LogP contribution in [0.1, 0.15) is 42.5 Å². The predicted molar refractivity (Wildman–Crippen MR) is 114 cm³/mol. The largest absolute Gasteiger partial charge is 0.433 e. The van der Waals surface area contributed by atoms with Gasteiger partial charge in [-0.15, -0.1) is 11.3 Å². The second-order valence-corrected chi connectivity index (χ2v) is 8.65. The summed E-state index contributed by atoms with van der Waals surface area (Å²) in [6.45, 7) is 4.20. The Kier molecular flexibility index (Phi) is 5.60. The summed E-state index contributed by atoms with van der Waals surface area (Å²) in [4.78, 5) is 13.1. The van der Waals surface area contributed by atoms with Crippen LogP contribution < -0.4 is 5.32 Å². The first kappa shape index (κ1) is 20.5. The number of nitrogens with one attached hydrogen (secondary N) is 1. The van der Waals surface area contributed by atoms with Gasteiger partial charge < -0.3 is 5.32 Å². The molecule has 0 saturated heterocycles. The number of halogens is 3. The van der Waals surface area contributed by atoms with Crippen LogP contribution in [0.25, 0.3) is 16.0 Å². The van der Waals surface area contributed by atoms with Gasteiger partial charge in [0.2, 0.25) is 5.95 Å². The average molecular weight is 430 g/mol. The molecule has 1 aliphatic carbocycles. The molecule has 1 N–H and O–H groups in total. The van der Waals surface area contributed by atoms with Gasteiger partial charge in [-0.2, -0.15) is 13.2 Å². The standard InChI is InChI=1S/C22H21F3N4S/c1-13-3-5-15(6-4-13)20-27-12-18(30-20)16-9-14(2)10-17(11-16)28-21-26-8-7-19(29-21)22(23,24)25/h5,7-13H,3-4,6H2,1-2H3,(H,26,28,29). The van der Waals surface area contributed by atoms with E-state index in [9.17, 15) is 13.2 Å². The van der Waals surface area contributed by atoms with Gasteiger partial charge in [0.15, 0.2) is 0 Å². The molecule has 0 radical (unpaired) electrons. The molecule has 0 bridgehead atoms. The summed E-state index contributed by atoms with van der Waals surface area (Å²) < 4.78 is 38.7. The molecule has 4 nitrogen and oxygen atoms in total. The van der Waals surface area contributed by atoms with E-state index >= 15 is 0 Å². The highest BCUT2D eigenvalue weighted by molar-refractivity contribution is 7.16. The Morgan fingerprint density at radius 3 is 2.73 bits per heavy atom. The van der Waals surface area contributed by atoms with E-state index in [0.717, 1.165) is 52.0 Å². The number of benzene rings is 1. The summed E-state index contributed by atoms with van der Waals surface area (Å²) in [5.74, 6) is 0.629. The highest BCUT2D eigenvalue weighted by atomic mass is 32.1. The maximum absolute atomic E-state index is 12.9. The summed E-state index contributed by atoms with van der Waals surface area (Å²) in [6.07, 6.45) is 4.03. The first-order valence-corrected chi connectivity index (χ1v) is 10.5. The SMILES string of the molecule is Cc1cc(Nc2nccc(C(F)(F)F)n2)cc(-c2cnc(C3=CCC(C)CC3)s2)c1. The van der Waals surface area contributed by atoms with Gasteiger partial charge in [-0.3, -0.25) is 0 Å². The first-order chi connectivity index (χ1) is 14.3. The van der Waals surface area contributed by atoms with Crippen molar-refractivity contribution in [3.63, 3.8) is 0 Å². The van der Waals surface area contributed by atoms with Crippen molar-refractivity contribution in [1.82, 2.24) is 15.0 Å². The van der Waals surface area contributed by atoms with Crippen molar-refractivity contribution in [2.24, 2.45) is 5.92 Å². The third-order valence-corrected chi connectivity index (χ3v) is 6.14. The van der Waals surface area contributed by atoms with Crippen molar-refractivity contribution in [2.75, 3.05) is 5.32 Å². The molecule has 8 heteroatoms. The van der Waals surface area contributed by atoms with Gasteiger partial charge in [-0.1, -0.05) is 19.1 Å². The number of anilines is 2. The first-order valence-electron chi connectivity index (χ1n) is 9.72. The lowest BCUT2D eigenvalue weighted by atomic mass is 9.91. The Morgan fingerprint density at radius 2 is 2.00 bits per heavy atom. The third kappa shape index (κ3) is 4.70. The lowest BCUT2D eigenvalue weighted by molar-refractivity contribution is -0.141. The van der Waals surface area contributed by atoms with E-state index in [4.69, 9.17) is 0 Å². The zero-order valence-corrected chi connectivity index (χ0v) is 17.4. The Morgan fingerprint density at radius 1 is 1.17 bits per heavy atom. The van der Waals surface area contributed by atoms with Gasteiger partial charge in [0, 0.05) is 18.1 Å². The number of aryl methyl sites for hydroxylation is 1. The lowest BCUT2D eigenvalue weighted by Gasteiger charge is -2.16. The van der Waals surface area contributed by atoms with Crippen molar-refractivity contribution >= 4 is 28.5 Å². The Labute approximate surface area is 176 Å². The summed E-state index contributed by atoms with van der Waals surface area (Å²) in [7, 11) is 0. The number of hydrogen-bond acceptors (Lipinski definition) is 5. The number of allylic oxidation sites excluding steroid dienone is 2. The molecule has 156 valence electrons. The smallest absolute Gasteiger partial charge is 0.324 e. The van der Waals surface area contributed by atoms with Crippen molar-refractivity contribution in [3.8, 4) is 10.4 Å². The third-order valence-electron chi connectivity index (χ3n) is 5.02. The molecule has 0 spiro atoms. The fraction of sp³-hybridized carbons (Fsp3) is 0.318. The number of aromatic nitrogens is 3. The molecule has 0 saturated carbocycles. The van der Waals surface area contributed by atoms with Crippen LogP contribution in [0.2, 0.25) is 0 Å². The highest BCUT2D eigenvalue weighted by Crippen LogP contribution is 2.36. The van der Waals surface area contributed by atoms with E-state index < -0.39 is 11.9 Å². The van der Waals surface area contributed by atoms with E-state index in [1.165, 1.54) is 12.0 Å². The van der Waals surface area contributed by atoms with Crippen molar-refractivity contribution in [3.05, 3.63) is 59.0 Å². The molecule has 4 rings (SSSR count). The van der Waals surface area contributed by atoms with Crippen LogP contribution in [0.3, 0.4) is 0 Å². The minimum absolute atomic E-state index is 0.0900. The summed E-state index contributed by atoms with van der Waals surface area (Å²) in [6, 6.07) is 6.62. The minimum atomic E-state index is -4.51. The van der Waals surface area contributed by atoms with Gasteiger partial charge in [0.05, 0.1) is 4.88 Å². The molecule has 2 aromatic heterocycles. The zero-order chi connectivity index (χ0) is 21.3. The molecule has 1 atom stereocenters. The van der Waals surface area contributed by atoms with Gasteiger partial charge >= 0.3 is 6.18 Å². The molecule has 0 fully saturated rings. The van der Waals surface area contributed by atoms with E-state index in [1.807, 2.05) is 31.3 Å². The molecular formula is C22H21F3N4S. The number of thiazole rings is 1. The number of nitrogens with zero attached hydrogens (tertiary/aromatic N) is 3. The van der Waals surface area contributed by atoms with Gasteiger partial charge in [0.25, 0.3) is 0 Å². The van der Waals surface area contributed by atoms with Crippen LogP contribution >= 0.6 is 11.3 Å². The molecule has 0 aliphatic heterocycles. The molecular weight excluding hydrogens is 409 g/mol. The van der Waals surface area contributed by atoms with Crippen molar-refractivity contribution in [1.29, 1.82) is 0 Å². The number of alkyl halides is 3. The van der Waals surface area contributed by atoms with Crippen LogP contribution in [-0.2, 0) is 6.18 Å². The van der Waals surface area contributed by atoms with Crippen LogP contribution in [0.5, 0.6) is 0 Å². The molecule has 3 aromatic rings. The van der Waals surface area contributed by atoms with Gasteiger partial charge in [-0.25, -0.2) is 15.0 Å². The number of hydrogen-bond donors (Lipinski definition) is 1. The lowest BCUT2D eigenvalue weighted by Crippen LogP contribution is -2.10. The normalized spacial score (nSPS) is 17.0. The second kappa shape index (κ2) is 8.18. The van der Waals surface area contributed by atoms with E-state index in [-0.39, 0.29) is 5.95 Å². The maximum Gasteiger partial charge on any atom is 0.433 e. The minimum Gasteiger partial charge on any atom is -0.324 e. The van der Waals surface area contributed by atoms with Crippen LogP contribution in [0, 0.1) is 12.8 Å². The zero-order valence-electron chi connectivity index (χ0n) is 16.6. The quantitative estimate of drug-likeness (QED) is 0.490.